The van der Waals surface area contributed by atoms with E-state index in [1.807, 2.05) is 37.1 Å². The number of likely N-dealkylation sites (N-methyl/N-ethyl adjacent to an activating group) is 1. The number of pyridine rings is 1. The Labute approximate surface area is 274 Å². The average molecular weight is 646 g/mol. The van der Waals surface area contributed by atoms with E-state index in [9.17, 15) is 24.2 Å². The number of nitrogens with zero attached hydrogens (tertiary/aromatic N) is 3. The minimum atomic E-state index is -1.19. The summed E-state index contributed by atoms with van der Waals surface area (Å²) in [5.74, 6) is -1.47. The molecule has 2 aromatic carbocycles. The zero-order valence-corrected chi connectivity index (χ0v) is 27.2. The summed E-state index contributed by atoms with van der Waals surface area (Å²) in [5, 5.41) is 34.7. The molecule has 5 rings (SSSR count). The van der Waals surface area contributed by atoms with E-state index >= 15 is 0 Å². The summed E-state index contributed by atoms with van der Waals surface area (Å²) in [6.07, 6.45) is 2.45. The Morgan fingerprint density at radius 1 is 1.02 bits per heavy atom. The number of anilines is 1. The number of benzene rings is 2. The first-order valence-corrected chi connectivity index (χ1v) is 16.2. The number of hydrogen-bond donors (Lipinski definition) is 5. The number of aliphatic hydroxyl groups is 2. The van der Waals surface area contributed by atoms with Crippen LogP contribution in [0.15, 0.2) is 48.5 Å². The number of carbonyl (C=O) groups is 2. The quantitative estimate of drug-likeness (QED) is 0.216. The zero-order chi connectivity index (χ0) is 33.7. The number of hydrazine groups is 1. The van der Waals surface area contributed by atoms with Crippen LogP contribution in [0.25, 0.3) is 17.2 Å². The van der Waals surface area contributed by atoms with Gasteiger partial charge >= 0.3 is 12.0 Å². The van der Waals surface area contributed by atoms with E-state index in [4.69, 9.17) is 10.1 Å². The zero-order valence-electron chi connectivity index (χ0n) is 27.2. The Balaban J connectivity index is 1.50. The maximum absolute atomic E-state index is 14.1. The average Bonchev–Trinajstić information content (AvgIpc) is 3.19. The molecule has 11 heteroatoms. The number of fused-ring (bicyclic) bond motifs is 2. The van der Waals surface area contributed by atoms with Crippen molar-refractivity contribution in [1.29, 1.82) is 0 Å². The summed E-state index contributed by atoms with van der Waals surface area (Å²) in [5.41, 5.74) is 11.0. The summed E-state index contributed by atoms with van der Waals surface area (Å²) < 4.78 is 14.1. The Kier molecular flexibility index (Phi) is 11.0. The number of carboxylic acid groups (broad SMARTS) is 1. The molecule has 2 amide bonds. The van der Waals surface area contributed by atoms with Gasteiger partial charge in [-0.3, -0.25) is 15.2 Å². The molecular weight excluding hydrogens is 601 g/mol. The number of piperazine rings is 1. The Hall–Kier alpha value is -4.16. The van der Waals surface area contributed by atoms with Gasteiger partial charge in [0.05, 0.1) is 24.3 Å². The number of rotatable bonds is 10. The van der Waals surface area contributed by atoms with E-state index in [2.05, 4.69) is 22.7 Å². The molecule has 5 N–H and O–H groups in total. The summed E-state index contributed by atoms with van der Waals surface area (Å²) in [7, 11) is 2.06. The summed E-state index contributed by atoms with van der Waals surface area (Å²) in [6, 6.07) is 12.0. The Bertz CT molecular complexity index is 1620. The molecule has 0 saturated carbocycles. The van der Waals surface area contributed by atoms with Gasteiger partial charge in [0.2, 0.25) is 0 Å². The van der Waals surface area contributed by atoms with E-state index < -0.39 is 24.6 Å². The number of aryl methyl sites for hydroxylation is 2. The fourth-order valence-electron chi connectivity index (χ4n) is 6.29. The first-order chi connectivity index (χ1) is 22.5. The van der Waals surface area contributed by atoms with Crippen LogP contribution in [0.3, 0.4) is 0 Å². The largest absolute Gasteiger partial charge is 0.481 e. The predicted molar refractivity (Wildman–Crippen MR) is 180 cm³/mol. The molecule has 250 valence electrons. The van der Waals surface area contributed by atoms with Crippen molar-refractivity contribution in [1.82, 2.24) is 20.3 Å². The van der Waals surface area contributed by atoms with Gasteiger partial charge in [0.1, 0.15) is 5.82 Å². The van der Waals surface area contributed by atoms with Gasteiger partial charge in [-0.05, 0) is 77.9 Å². The van der Waals surface area contributed by atoms with Crippen molar-refractivity contribution in [3.63, 3.8) is 0 Å². The monoisotopic (exact) mass is 645 g/mol. The van der Waals surface area contributed by atoms with Crippen LogP contribution in [-0.4, -0.2) is 87.6 Å². The van der Waals surface area contributed by atoms with Crippen molar-refractivity contribution >= 4 is 23.8 Å². The number of hydrogen-bond acceptors (Lipinski definition) is 7. The number of halogens is 1. The van der Waals surface area contributed by atoms with Gasteiger partial charge in [0, 0.05) is 56.0 Å². The molecule has 1 aromatic heterocycles. The molecule has 0 unspecified atom stereocenters. The van der Waals surface area contributed by atoms with E-state index in [0.717, 1.165) is 77.4 Å². The van der Waals surface area contributed by atoms with Crippen molar-refractivity contribution in [2.24, 2.45) is 0 Å². The minimum Gasteiger partial charge on any atom is -0.481 e. The lowest BCUT2D eigenvalue weighted by Crippen LogP contribution is -2.53. The van der Waals surface area contributed by atoms with Crippen molar-refractivity contribution < 1.29 is 29.3 Å². The van der Waals surface area contributed by atoms with E-state index in [1.165, 1.54) is 12.1 Å². The van der Waals surface area contributed by atoms with Crippen LogP contribution in [-0.2, 0) is 24.1 Å². The minimum absolute atomic E-state index is 0.0224. The predicted octanol–water partition coefficient (Wildman–Crippen LogP) is 4.58. The molecular formula is C36H44FN5O5. The summed E-state index contributed by atoms with van der Waals surface area (Å²) in [6.45, 7) is 7.35. The van der Waals surface area contributed by atoms with Gasteiger partial charge in [0.25, 0.3) is 0 Å². The maximum Gasteiger partial charge on any atom is 0.333 e. The van der Waals surface area contributed by atoms with Crippen LogP contribution in [0.1, 0.15) is 66.2 Å². The van der Waals surface area contributed by atoms with Gasteiger partial charge in [-0.1, -0.05) is 44.2 Å². The third-order valence-electron chi connectivity index (χ3n) is 8.76. The standard InChI is InChI=1S/C36H44FN5O5/c1-22(2)35-30(12-11-28(43)20-29(44)21-33(45)46)34(24-4-8-26(37)9-5-24)31-19-25-18-27(10-6-23(25)7-13-32(31)39-35)38-36(47)40-42-16-14-41(3)15-17-42/h4-6,8-12,18,22,28-29,43-44H,7,13-17,19-21H2,1-3H3,(H,45,46)(H2,38,40,47)/b12-11+/t28-,29-/m1/s1. The molecule has 1 aliphatic carbocycles. The third-order valence-corrected chi connectivity index (χ3v) is 8.76. The van der Waals surface area contributed by atoms with Crippen molar-refractivity contribution in [2.45, 2.75) is 64.1 Å². The lowest BCUT2D eigenvalue weighted by molar-refractivity contribution is -0.139. The first kappa shape index (κ1) is 34.2. The molecule has 2 heterocycles. The number of aromatic nitrogens is 1. The smallest absolute Gasteiger partial charge is 0.333 e. The van der Waals surface area contributed by atoms with Crippen LogP contribution in [0.4, 0.5) is 14.9 Å². The van der Waals surface area contributed by atoms with Crippen LogP contribution < -0.4 is 10.7 Å². The van der Waals surface area contributed by atoms with Gasteiger partial charge in [-0.25, -0.2) is 14.2 Å². The lowest BCUT2D eigenvalue weighted by atomic mass is 9.86. The number of urea groups is 1. The van der Waals surface area contributed by atoms with Crippen molar-refractivity contribution in [3.05, 3.63) is 88.0 Å². The molecule has 2 aliphatic rings. The maximum atomic E-state index is 14.1. The van der Waals surface area contributed by atoms with E-state index in [1.54, 1.807) is 24.3 Å². The van der Waals surface area contributed by atoms with E-state index in [-0.39, 0.29) is 24.2 Å². The fraction of sp³-hybridized carbons (Fsp3) is 0.417. The number of carboxylic acids is 1. The number of nitrogens with one attached hydrogen (secondary N) is 2. The SMILES string of the molecule is CC(C)c1nc2c(c(-c3ccc(F)cc3)c1/C=C/[C@@H](O)C[C@@H](O)CC(=O)O)Cc1cc(NC(=O)NN3CCN(C)CC3)ccc1CC2. The summed E-state index contributed by atoms with van der Waals surface area (Å²) in [4.78, 5) is 31.2. The van der Waals surface area contributed by atoms with Crippen LogP contribution in [0.2, 0.25) is 0 Å². The van der Waals surface area contributed by atoms with Gasteiger partial charge < -0.3 is 25.5 Å². The number of aliphatic carboxylic acids is 1. The summed E-state index contributed by atoms with van der Waals surface area (Å²) >= 11 is 0. The second-order valence-electron chi connectivity index (χ2n) is 12.8. The van der Waals surface area contributed by atoms with Gasteiger partial charge in [-0.15, -0.1) is 0 Å². The molecule has 2 atom stereocenters. The third kappa shape index (κ3) is 8.81. The molecule has 1 saturated heterocycles. The van der Waals surface area contributed by atoms with Crippen molar-refractivity contribution in [2.75, 3.05) is 38.5 Å². The Morgan fingerprint density at radius 3 is 2.43 bits per heavy atom. The number of amides is 2. The highest BCUT2D eigenvalue weighted by atomic mass is 19.1. The highest BCUT2D eigenvalue weighted by molar-refractivity contribution is 5.89. The van der Waals surface area contributed by atoms with Gasteiger partial charge in [-0.2, -0.15) is 0 Å². The Morgan fingerprint density at radius 2 is 1.74 bits per heavy atom. The van der Waals surface area contributed by atoms with Crippen LogP contribution >= 0.6 is 0 Å². The van der Waals surface area contributed by atoms with Crippen LogP contribution in [0.5, 0.6) is 0 Å². The molecule has 0 spiro atoms. The first-order valence-electron chi connectivity index (χ1n) is 16.2. The molecule has 3 aromatic rings. The molecule has 1 fully saturated rings. The number of carbonyl (C=O) groups excluding carboxylic acids is 1. The second-order valence-corrected chi connectivity index (χ2v) is 12.8. The highest BCUT2D eigenvalue weighted by Crippen LogP contribution is 2.39. The lowest BCUT2D eigenvalue weighted by Gasteiger charge is -2.32. The fourth-order valence-corrected chi connectivity index (χ4v) is 6.29. The second kappa shape index (κ2) is 15.2. The normalized spacial score (nSPS) is 16.7. The van der Waals surface area contributed by atoms with Gasteiger partial charge in [0.15, 0.2) is 0 Å². The van der Waals surface area contributed by atoms with E-state index in [0.29, 0.717) is 18.5 Å². The molecule has 47 heavy (non-hydrogen) atoms. The molecule has 0 radical (unpaired) electrons. The molecule has 1 aliphatic heterocycles. The van der Waals surface area contributed by atoms with Crippen molar-refractivity contribution in [3.8, 4) is 11.1 Å². The molecule has 0 bridgehead atoms. The van der Waals surface area contributed by atoms with Crippen LogP contribution in [0, 0.1) is 5.82 Å². The number of aliphatic hydroxyl groups excluding tert-OH is 2. The molecule has 10 nitrogen and oxygen atoms in total. The topological polar surface area (TPSA) is 138 Å². The highest BCUT2D eigenvalue weighted by Gasteiger charge is 2.25.